The van der Waals surface area contributed by atoms with Crippen molar-refractivity contribution < 1.29 is 28.8 Å². The van der Waals surface area contributed by atoms with E-state index in [0.29, 0.717) is 13.0 Å². The molecule has 1 saturated heterocycles. The maximum absolute atomic E-state index is 13.3. The van der Waals surface area contributed by atoms with Gasteiger partial charge in [-0.2, -0.15) is 0 Å². The molecule has 6 heteroatoms. The van der Waals surface area contributed by atoms with Crippen LogP contribution in [0.4, 0.5) is 0 Å². The number of hydrogen-bond donors (Lipinski definition) is 1. The van der Waals surface area contributed by atoms with Crippen molar-refractivity contribution in [1.29, 1.82) is 0 Å². The summed E-state index contributed by atoms with van der Waals surface area (Å²) >= 11 is 0. The molecule has 1 aromatic rings. The van der Waals surface area contributed by atoms with Gasteiger partial charge in [0.1, 0.15) is 18.0 Å². The predicted octanol–water partition coefficient (Wildman–Crippen LogP) is 3.73. The summed E-state index contributed by atoms with van der Waals surface area (Å²) in [7, 11) is 1.63. The van der Waals surface area contributed by atoms with E-state index in [1.54, 1.807) is 34.8 Å². The largest absolute Gasteiger partial charge is 0.497 e. The van der Waals surface area contributed by atoms with Crippen molar-refractivity contribution in [2.24, 2.45) is 11.3 Å². The zero-order valence-corrected chi connectivity index (χ0v) is 18.7. The molecule has 1 heterocycles. The van der Waals surface area contributed by atoms with Crippen LogP contribution in [-0.4, -0.2) is 48.7 Å². The number of carbonyl (C=O) groups excluding carboxylic acids is 1. The molecule has 1 aromatic carbocycles. The SMILES string of the molecule is COc1ccc(COC[C@H]2OC(C)(C)O[C@@H]2C(=O)C(C)(C)[C@H](O)CC(C)C)cc1. The second kappa shape index (κ2) is 9.56. The quantitative estimate of drug-likeness (QED) is 0.636. The minimum atomic E-state index is -0.938. The second-order valence-electron chi connectivity index (χ2n) is 9.19. The van der Waals surface area contributed by atoms with Crippen molar-refractivity contribution in [3.63, 3.8) is 0 Å². The van der Waals surface area contributed by atoms with E-state index >= 15 is 0 Å². The Morgan fingerprint density at radius 2 is 1.83 bits per heavy atom. The summed E-state index contributed by atoms with van der Waals surface area (Å²) in [6.07, 6.45) is -1.50. The molecule has 2 rings (SSSR count). The zero-order chi connectivity index (χ0) is 21.8. The van der Waals surface area contributed by atoms with Crippen LogP contribution >= 0.6 is 0 Å². The van der Waals surface area contributed by atoms with Gasteiger partial charge in [0, 0.05) is 0 Å². The summed E-state index contributed by atoms with van der Waals surface area (Å²) in [5, 5.41) is 10.6. The number of aliphatic hydroxyl groups excluding tert-OH is 1. The molecule has 6 nitrogen and oxygen atoms in total. The number of carbonyl (C=O) groups is 1. The number of Topliss-reactive ketones (excluding diaryl/α,β-unsaturated/α-hetero) is 1. The fraction of sp³-hybridized carbons (Fsp3) is 0.696. The van der Waals surface area contributed by atoms with E-state index in [4.69, 9.17) is 18.9 Å². The van der Waals surface area contributed by atoms with Crippen molar-refractivity contribution in [1.82, 2.24) is 0 Å². The second-order valence-corrected chi connectivity index (χ2v) is 9.19. The van der Waals surface area contributed by atoms with Crippen LogP contribution in [0, 0.1) is 11.3 Å². The first-order chi connectivity index (χ1) is 13.5. The molecule has 0 unspecified atom stereocenters. The molecule has 3 atom stereocenters. The Morgan fingerprint density at radius 3 is 2.38 bits per heavy atom. The van der Waals surface area contributed by atoms with E-state index in [1.165, 1.54) is 0 Å². The highest BCUT2D eigenvalue weighted by Crippen LogP contribution is 2.36. The van der Waals surface area contributed by atoms with Gasteiger partial charge in [0.2, 0.25) is 0 Å². The number of rotatable bonds is 10. The summed E-state index contributed by atoms with van der Waals surface area (Å²) < 4.78 is 22.8. The van der Waals surface area contributed by atoms with Gasteiger partial charge in [-0.25, -0.2) is 0 Å². The Bertz CT molecular complexity index is 664. The van der Waals surface area contributed by atoms with Gasteiger partial charge < -0.3 is 24.1 Å². The number of ketones is 1. The van der Waals surface area contributed by atoms with E-state index in [0.717, 1.165) is 11.3 Å². The third-order valence-electron chi connectivity index (χ3n) is 5.31. The monoisotopic (exact) mass is 408 g/mol. The molecule has 0 radical (unpaired) electrons. The molecule has 0 spiro atoms. The molecule has 1 fully saturated rings. The standard InChI is InChI=1S/C23H36O6/c1-15(2)12-19(24)22(3,4)21(25)20-18(28-23(5,6)29-20)14-27-13-16-8-10-17(26-7)11-9-16/h8-11,15,18-20,24H,12-14H2,1-7H3/t18-,19-,20+/m1/s1. The number of hydrogen-bond acceptors (Lipinski definition) is 6. The van der Waals surface area contributed by atoms with Crippen LogP contribution < -0.4 is 4.74 Å². The molecule has 29 heavy (non-hydrogen) atoms. The normalized spacial score (nSPS) is 22.7. The lowest BCUT2D eigenvalue weighted by Gasteiger charge is -2.33. The Hall–Kier alpha value is -1.47. The number of methoxy groups -OCH3 is 1. The Balaban J connectivity index is 2.02. The van der Waals surface area contributed by atoms with Crippen molar-refractivity contribution in [3.05, 3.63) is 29.8 Å². The molecule has 164 valence electrons. The van der Waals surface area contributed by atoms with Gasteiger partial charge in [-0.15, -0.1) is 0 Å². The van der Waals surface area contributed by atoms with Crippen LogP contribution in [0.3, 0.4) is 0 Å². The van der Waals surface area contributed by atoms with Crippen molar-refractivity contribution in [2.75, 3.05) is 13.7 Å². The fourth-order valence-electron chi connectivity index (χ4n) is 3.47. The summed E-state index contributed by atoms with van der Waals surface area (Å²) in [6.45, 7) is 11.8. The first-order valence-corrected chi connectivity index (χ1v) is 10.2. The summed E-state index contributed by atoms with van der Waals surface area (Å²) in [6, 6.07) is 7.62. The maximum Gasteiger partial charge on any atom is 0.172 e. The highest BCUT2D eigenvalue weighted by atomic mass is 16.8. The van der Waals surface area contributed by atoms with E-state index in [-0.39, 0.29) is 18.3 Å². The molecule has 1 aliphatic rings. The lowest BCUT2D eigenvalue weighted by Crippen LogP contribution is -2.48. The third-order valence-corrected chi connectivity index (χ3v) is 5.31. The lowest BCUT2D eigenvalue weighted by molar-refractivity contribution is -0.163. The lowest BCUT2D eigenvalue weighted by atomic mass is 9.76. The van der Waals surface area contributed by atoms with E-state index in [9.17, 15) is 9.90 Å². The molecule has 0 bridgehead atoms. The summed E-state index contributed by atoms with van der Waals surface area (Å²) in [5.41, 5.74) is 0.0620. The molecule has 1 N–H and O–H groups in total. The van der Waals surface area contributed by atoms with Crippen LogP contribution in [0.25, 0.3) is 0 Å². The molecular weight excluding hydrogens is 372 g/mol. The van der Waals surface area contributed by atoms with E-state index < -0.39 is 29.5 Å². The van der Waals surface area contributed by atoms with E-state index in [2.05, 4.69) is 0 Å². The molecule has 0 aromatic heterocycles. The van der Waals surface area contributed by atoms with Gasteiger partial charge in [0.15, 0.2) is 11.6 Å². The highest BCUT2D eigenvalue weighted by Gasteiger charge is 2.50. The molecular formula is C23H36O6. The Labute approximate surface area is 174 Å². The first kappa shape index (κ1) is 23.8. The number of ether oxygens (including phenoxy) is 4. The van der Waals surface area contributed by atoms with Crippen LogP contribution in [0.1, 0.15) is 53.5 Å². The number of aliphatic hydroxyl groups is 1. The molecule has 0 aliphatic carbocycles. The van der Waals surface area contributed by atoms with Gasteiger partial charge in [-0.1, -0.05) is 39.8 Å². The minimum absolute atomic E-state index is 0.158. The van der Waals surface area contributed by atoms with Gasteiger partial charge in [-0.05, 0) is 43.9 Å². The van der Waals surface area contributed by atoms with Gasteiger partial charge >= 0.3 is 0 Å². The average Bonchev–Trinajstić information content (AvgIpc) is 2.95. The summed E-state index contributed by atoms with van der Waals surface area (Å²) in [4.78, 5) is 13.3. The Kier molecular flexibility index (Phi) is 7.85. The smallest absolute Gasteiger partial charge is 0.172 e. The summed E-state index contributed by atoms with van der Waals surface area (Å²) in [5.74, 6) is 0.0381. The fourth-order valence-corrected chi connectivity index (χ4v) is 3.47. The molecule has 1 aliphatic heterocycles. The van der Waals surface area contributed by atoms with Crippen LogP contribution in [0.15, 0.2) is 24.3 Å². The number of benzene rings is 1. The van der Waals surface area contributed by atoms with Crippen molar-refractivity contribution in [3.8, 4) is 5.75 Å². The highest BCUT2D eigenvalue weighted by molar-refractivity contribution is 5.89. The van der Waals surface area contributed by atoms with Crippen LogP contribution in [-0.2, 0) is 25.6 Å². The predicted molar refractivity (Wildman–Crippen MR) is 111 cm³/mol. The van der Waals surface area contributed by atoms with Crippen molar-refractivity contribution in [2.45, 2.75) is 78.7 Å². The molecule has 0 saturated carbocycles. The van der Waals surface area contributed by atoms with Gasteiger partial charge in [0.05, 0.1) is 31.8 Å². The minimum Gasteiger partial charge on any atom is -0.497 e. The first-order valence-electron chi connectivity index (χ1n) is 10.2. The third kappa shape index (κ3) is 6.25. The van der Waals surface area contributed by atoms with Crippen LogP contribution in [0.2, 0.25) is 0 Å². The average molecular weight is 409 g/mol. The van der Waals surface area contributed by atoms with E-state index in [1.807, 2.05) is 38.1 Å². The maximum atomic E-state index is 13.3. The Morgan fingerprint density at radius 1 is 1.21 bits per heavy atom. The van der Waals surface area contributed by atoms with Crippen molar-refractivity contribution >= 4 is 5.78 Å². The molecule has 0 amide bonds. The topological polar surface area (TPSA) is 74.2 Å². The van der Waals surface area contributed by atoms with Gasteiger partial charge in [0.25, 0.3) is 0 Å². The zero-order valence-electron chi connectivity index (χ0n) is 18.7. The van der Waals surface area contributed by atoms with Crippen LogP contribution in [0.5, 0.6) is 5.75 Å². The van der Waals surface area contributed by atoms with Gasteiger partial charge in [-0.3, -0.25) is 4.79 Å².